The molecule has 0 aromatic heterocycles. The van der Waals surface area contributed by atoms with Crippen LogP contribution in [0.15, 0.2) is 49.3 Å². The molecule has 0 aromatic rings. The van der Waals surface area contributed by atoms with E-state index in [1.807, 2.05) is 54.5 Å². The molecule has 0 saturated heterocycles. The number of carboxylic acids is 1. The maximum absolute atomic E-state index is 13.3. The minimum atomic E-state index is -1.23. The Morgan fingerprint density at radius 2 is 1.17 bits per heavy atom. The van der Waals surface area contributed by atoms with Gasteiger partial charge < -0.3 is 45.2 Å². The second-order valence-corrected chi connectivity index (χ2v) is 19.6. The third-order valence-electron chi connectivity index (χ3n) is 15.0. The lowest BCUT2D eigenvalue weighted by Crippen LogP contribution is -2.48. The zero-order chi connectivity index (χ0) is 47.7. The fraction of sp³-hybridized carbons (Fsp3) is 0.644. The lowest BCUT2D eigenvalue weighted by atomic mass is 9.57. The summed E-state index contributed by atoms with van der Waals surface area (Å²) >= 11 is 0. The number of hydrogen-bond acceptors (Lipinski definition) is 11. The van der Waals surface area contributed by atoms with Crippen molar-refractivity contribution in [2.24, 2.45) is 106 Å². The van der Waals surface area contributed by atoms with E-state index < -0.39 is 98.7 Å². The Kier molecular flexibility index (Phi) is 14.7. The molecule has 0 aliphatic carbocycles. The van der Waals surface area contributed by atoms with Gasteiger partial charge in [0.25, 0.3) is 0 Å². The van der Waals surface area contributed by atoms with Crippen molar-refractivity contribution in [3.63, 3.8) is 0 Å². The number of carbonyl (C=O) groups excluding carboxylic acids is 6. The number of amides is 6. The number of fused-ring (bicyclic) bond motifs is 3. The lowest BCUT2D eigenvalue weighted by Gasteiger charge is -2.47. The van der Waals surface area contributed by atoms with Crippen molar-refractivity contribution in [1.29, 1.82) is 0 Å². The first kappa shape index (κ1) is 50.0. The van der Waals surface area contributed by atoms with E-state index >= 15 is 0 Å². The molecule has 4 heterocycles. The zero-order valence-corrected chi connectivity index (χ0v) is 38.0. The summed E-state index contributed by atoms with van der Waals surface area (Å²) < 4.78 is 0. The number of aliphatic imine (C=N–C) groups is 3. The van der Waals surface area contributed by atoms with Crippen LogP contribution in [0.5, 0.6) is 0 Å². The Balaban J connectivity index is 2.30. The van der Waals surface area contributed by atoms with Crippen LogP contribution < -0.4 is 40.1 Å². The molecule has 6 bridgehead atoms. The molecular formula is C45H68N10O8. The Bertz CT molecular complexity index is 2150. The molecule has 0 unspecified atom stereocenters. The van der Waals surface area contributed by atoms with Crippen LogP contribution in [-0.2, 0) is 33.6 Å². The first-order valence-electron chi connectivity index (χ1n) is 21.6. The van der Waals surface area contributed by atoms with Crippen molar-refractivity contribution in [2.45, 2.75) is 132 Å². The molecule has 0 saturated carbocycles. The molecule has 0 fully saturated rings. The van der Waals surface area contributed by atoms with Crippen LogP contribution in [-0.4, -0.2) is 69.7 Å². The van der Waals surface area contributed by atoms with Crippen LogP contribution in [0.25, 0.3) is 0 Å². The predicted molar refractivity (Wildman–Crippen MR) is 239 cm³/mol. The average Bonchev–Trinajstić information content (AvgIpc) is 3.68. The van der Waals surface area contributed by atoms with Gasteiger partial charge in [0.1, 0.15) is 0 Å². The summed E-state index contributed by atoms with van der Waals surface area (Å²) in [5.41, 5.74) is 42.1. The fourth-order valence-electron chi connectivity index (χ4n) is 11.3. The molecule has 9 atom stereocenters. The van der Waals surface area contributed by atoms with E-state index in [0.717, 1.165) is 0 Å². The minimum absolute atomic E-state index is 0.0125. The van der Waals surface area contributed by atoms with E-state index in [-0.39, 0.29) is 76.3 Å². The molecule has 0 radical (unpaired) electrons. The SMILES string of the molecule is C/C1=C2N=C(/C=C3N=C(/C(C)=C(/N)[C@H](CCC(N)=O)[C@](C)(CC(N)=O)[C@H](C)[C@@H]4N=C1[C@](C)(CCC(=O)O)[C@H]4CC(N)=O)[C@@](C)(CC(N)=O)[C@@H]/3CCC(N)=O)C(C)(C)[C@@H]/2CCC(N)=O. The monoisotopic (exact) mass is 877 g/mol. The molecule has 18 heteroatoms. The van der Waals surface area contributed by atoms with Crippen molar-refractivity contribution >= 4 is 58.5 Å². The van der Waals surface area contributed by atoms with E-state index in [1.165, 1.54) is 0 Å². The number of primary amides is 6. The van der Waals surface area contributed by atoms with Crippen molar-refractivity contribution in [3.8, 4) is 0 Å². The smallest absolute Gasteiger partial charge is 0.303 e. The first-order chi connectivity index (χ1) is 29.0. The molecule has 4 aliphatic heterocycles. The highest BCUT2D eigenvalue weighted by atomic mass is 16.4. The summed E-state index contributed by atoms with van der Waals surface area (Å²) in [7, 11) is 0. The largest absolute Gasteiger partial charge is 0.481 e. The van der Waals surface area contributed by atoms with Crippen LogP contribution in [0.3, 0.4) is 0 Å². The van der Waals surface area contributed by atoms with E-state index in [1.54, 1.807) is 6.92 Å². The number of rotatable bonds is 18. The first-order valence-corrected chi connectivity index (χ1v) is 21.6. The van der Waals surface area contributed by atoms with Gasteiger partial charge in [-0.3, -0.25) is 48.5 Å². The number of carbonyl (C=O) groups is 7. The van der Waals surface area contributed by atoms with Gasteiger partial charge >= 0.3 is 5.97 Å². The molecule has 6 amide bonds. The highest BCUT2D eigenvalue weighted by Gasteiger charge is 2.57. The average molecular weight is 877 g/mol. The molecule has 18 nitrogen and oxygen atoms in total. The van der Waals surface area contributed by atoms with Gasteiger partial charge in [-0.15, -0.1) is 0 Å². The van der Waals surface area contributed by atoms with Crippen LogP contribution in [0.4, 0.5) is 0 Å². The normalized spacial score (nSPS) is 34.6. The molecule has 346 valence electrons. The Hall–Kier alpha value is -5.68. The Morgan fingerprint density at radius 1 is 0.651 bits per heavy atom. The zero-order valence-electron chi connectivity index (χ0n) is 38.0. The maximum Gasteiger partial charge on any atom is 0.303 e. The summed E-state index contributed by atoms with van der Waals surface area (Å²) in [6.45, 7) is 14.9. The molecule has 4 rings (SSSR count). The third-order valence-corrected chi connectivity index (χ3v) is 15.0. The van der Waals surface area contributed by atoms with Crippen LogP contribution in [0.1, 0.15) is 126 Å². The van der Waals surface area contributed by atoms with Gasteiger partial charge in [-0.1, -0.05) is 41.5 Å². The number of allylic oxidation sites excluding steroid dienone is 6. The van der Waals surface area contributed by atoms with Gasteiger partial charge in [0, 0.05) is 113 Å². The highest BCUT2D eigenvalue weighted by molar-refractivity contribution is 6.11. The second-order valence-electron chi connectivity index (χ2n) is 19.6. The van der Waals surface area contributed by atoms with E-state index in [9.17, 15) is 38.7 Å². The number of aliphatic carboxylic acids is 1. The molecule has 0 spiro atoms. The van der Waals surface area contributed by atoms with Gasteiger partial charge in [0.15, 0.2) is 0 Å². The number of nitrogens with zero attached hydrogens (tertiary/aromatic N) is 3. The lowest BCUT2D eigenvalue weighted by molar-refractivity contribution is -0.137. The molecular weight excluding hydrogens is 809 g/mol. The van der Waals surface area contributed by atoms with Gasteiger partial charge in [-0.2, -0.15) is 0 Å². The quantitative estimate of drug-likeness (QED) is 0.100. The fourth-order valence-corrected chi connectivity index (χ4v) is 11.3. The summed E-state index contributed by atoms with van der Waals surface area (Å²) in [6, 6.07) is -0.793. The van der Waals surface area contributed by atoms with Crippen molar-refractivity contribution in [3.05, 3.63) is 34.3 Å². The summed E-state index contributed by atoms with van der Waals surface area (Å²) in [5, 5.41) is 10.1. The van der Waals surface area contributed by atoms with Crippen LogP contribution >= 0.6 is 0 Å². The van der Waals surface area contributed by atoms with E-state index in [2.05, 4.69) is 0 Å². The van der Waals surface area contributed by atoms with Crippen LogP contribution in [0.2, 0.25) is 0 Å². The molecule has 63 heavy (non-hydrogen) atoms. The highest BCUT2D eigenvalue weighted by Crippen LogP contribution is 2.57. The molecule has 15 N–H and O–H groups in total. The Labute approximate surface area is 369 Å². The Morgan fingerprint density at radius 3 is 1.67 bits per heavy atom. The van der Waals surface area contributed by atoms with Crippen molar-refractivity contribution < 1.29 is 38.7 Å². The van der Waals surface area contributed by atoms with Gasteiger partial charge in [0.2, 0.25) is 35.4 Å². The van der Waals surface area contributed by atoms with Gasteiger partial charge in [-0.05, 0) is 68.1 Å². The topological polar surface area (TPSA) is 359 Å². The third kappa shape index (κ3) is 9.94. The summed E-state index contributed by atoms with van der Waals surface area (Å²) in [6.07, 6.45) is 1.24. The minimum Gasteiger partial charge on any atom is -0.481 e. The van der Waals surface area contributed by atoms with Gasteiger partial charge in [0.05, 0.1) is 11.8 Å². The van der Waals surface area contributed by atoms with E-state index in [4.69, 9.17) is 55.1 Å². The maximum atomic E-state index is 13.3. The van der Waals surface area contributed by atoms with Crippen molar-refractivity contribution in [1.82, 2.24) is 0 Å². The number of hydrogen-bond donors (Lipinski definition) is 8. The predicted octanol–water partition coefficient (Wildman–Crippen LogP) is 2.56. The summed E-state index contributed by atoms with van der Waals surface area (Å²) in [4.78, 5) is 105. The van der Waals surface area contributed by atoms with Gasteiger partial charge in [-0.25, -0.2) is 0 Å². The second kappa shape index (κ2) is 18.6. The summed E-state index contributed by atoms with van der Waals surface area (Å²) in [5.74, 6) is -8.01. The van der Waals surface area contributed by atoms with Crippen LogP contribution in [0, 0.1) is 51.2 Å². The standard InChI is InChI=1S/C45H68N10O8/c1-21-37(52)25(10-13-31(47)57)44(7,19-34(50)60)23(3)39-27(17-33(49)59)43(6,16-15-36(62)63)41(55-39)22(2)38-26(11-14-32(48)58)42(4,5)29(54-38)18-28-24(9-12-30(46)56)45(8,20-35(51)61)40(21)53-28/h18,23-27,39H,9-17,19-20,52H2,1-8H3,(H2,46,56)(H2,47,57)(H2,48,58)(H2,49,59)(H2,50,60)(H2,51,61)(H,62,63)/b28-18+,37-21+,38-22-/t23-,24-,25+,26-,27+,39+,43-,44-,45+/m1/s1. The van der Waals surface area contributed by atoms with Crippen molar-refractivity contribution in [2.75, 3.05) is 0 Å². The molecule has 4 aliphatic rings. The van der Waals surface area contributed by atoms with E-state index in [0.29, 0.717) is 39.7 Å². The molecule has 0 aromatic carbocycles. The number of nitrogens with two attached hydrogens (primary N) is 7. The number of carboxylic acid groups (broad SMARTS) is 1.